The van der Waals surface area contributed by atoms with E-state index in [2.05, 4.69) is 9.71 Å². The van der Waals surface area contributed by atoms with Gasteiger partial charge in [0, 0.05) is 18.2 Å². The molecule has 35 heavy (non-hydrogen) atoms. The highest BCUT2D eigenvalue weighted by molar-refractivity contribution is 7.92. The van der Waals surface area contributed by atoms with E-state index in [-0.39, 0.29) is 29.2 Å². The number of carbonyl (C=O) groups is 1. The Morgan fingerprint density at radius 2 is 1.86 bits per heavy atom. The number of aliphatic imine (C=N–C) groups is 1. The van der Waals surface area contributed by atoms with Crippen molar-refractivity contribution >= 4 is 33.5 Å². The zero-order valence-corrected chi connectivity index (χ0v) is 19.6. The summed E-state index contributed by atoms with van der Waals surface area (Å²) in [6, 6.07) is 18.0. The first-order valence-electron chi connectivity index (χ1n) is 11.3. The van der Waals surface area contributed by atoms with Crippen molar-refractivity contribution in [2.75, 3.05) is 17.8 Å². The van der Waals surface area contributed by atoms with Crippen LogP contribution in [0.25, 0.3) is 0 Å². The molecule has 0 atom stereocenters. The third-order valence-corrected chi connectivity index (χ3v) is 7.63. The molecule has 1 amide bonds. The van der Waals surface area contributed by atoms with Crippen LogP contribution in [-0.4, -0.2) is 49.2 Å². The van der Waals surface area contributed by atoms with Gasteiger partial charge in [-0.15, -0.1) is 0 Å². The number of para-hydroxylation sites is 1. The number of hydrogen-bond donors (Lipinski definition) is 2. The number of aryl methyl sites for hydroxylation is 1. The lowest BCUT2D eigenvalue weighted by molar-refractivity contribution is -0.0799. The van der Waals surface area contributed by atoms with Crippen molar-refractivity contribution in [3.63, 3.8) is 0 Å². The normalized spacial score (nSPS) is 16.3. The minimum absolute atomic E-state index is 0.0243. The van der Waals surface area contributed by atoms with Crippen LogP contribution in [0.15, 0.2) is 76.6 Å². The maximum atomic E-state index is 14.8. The SMILES string of the molecule is O=C(c1ccc(NS(=O)(=O)c2cccc3c2N=CCC3)c(F)c1)N1CC(O)(Cc2ccccc2)C1. The van der Waals surface area contributed by atoms with Gasteiger partial charge in [0.1, 0.15) is 16.3 Å². The molecule has 7 nitrogen and oxygen atoms in total. The quantitative estimate of drug-likeness (QED) is 0.547. The van der Waals surface area contributed by atoms with Gasteiger partial charge in [-0.1, -0.05) is 42.5 Å². The average molecular weight is 494 g/mol. The molecule has 3 aromatic carbocycles. The summed E-state index contributed by atoms with van der Waals surface area (Å²) in [5.41, 5.74) is 0.938. The van der Waals surface area contributed by atoms with E-state index >= 15 is 0 Å². The smallest absolute Gasteiger partial charge is 0.264 e. The van der Waals surface area contributed by atoms with Crippen molar-refractivity contribution in [1.82, 2.24) is 4.90 Å². The molecule has 1 fully saturated rings. The Hall–Kier alpha value is -3.56. The monoisotopic (exact) mass is 493 g/mol. The van der Waals surface area contributed by atoms with Gasteiger partial charge in [0.2, 0.25) is 0 Å². The third kappa shape index (κ3) is 4.69. The lowest BCUT2D eigenvalue weighted by Gasteiger charge is -2.46. The Balaban J connectivity index is 1.28. The maximum Gasteiger partial charge on any atom is 0.264 e. The van der Waals surface area contributed by atoms with Crippen LogP contribution in [-0.2, 0) is 22.9 Å². The van der Waals surface area contributed by atoms with Crippen LogP contribution in [0.2, 0.25) is 0 Å². The largest absolute Gasteiger partial charge is 0.386 e. The fourth-order valence-corrected chi connectivity index (χ4v) is 5.78. The maximum absolute atomic E-state index is 14.8. The molecule has 0 spiro atoms. The van der Waals surface area contributed by atoms with E-state index in [4.69, 9.17) is 0 Å². The van der Waals surface area contributed by atoms with Gasteiger partial charge in [-0.25, -0.2) is 12.8 Å². The van der Waals surface area contributed by atoms with Crippen molar-refractivity contribution in [3.8, 4) is 0 Å². The molecule has 0 aliphatic carbocycles. The predicted molar refractivity (Wildman–Crippen MR) is 131 cm³/mol. The van der Waals surface area contributed by atoms with Gasteiger partial charge < -0.3 is 10.0 Å². The van der Waals surface area contributed by atoms with Crippen molar-refractivity contribution < 1.29 is 22.7 Å². The second-order valence-electron chi connectivity index (χ2n) is 8.96. The van der Waals surface area contributed by atoms with E-state index in [1.54, 1.807) is 12.3 Å². The van der Waals surface area contributed by atoms with E-state index in [0.29, 0.717) is 18.5 Å². The second-order valence-corrected chi connectivity index (χ2v) is 10.6. The van der Waals surface area contributed by atoms with Crippen molar-refractivity contribution in [1.29, 1.82) is 0 Å². The number of aliphatic hydroxyl groups is 1. The summed E-state index contributed by atoms with van der Waals surface area (Å²) in [6.45, 7) is 0.271. The number of β-amino-alcohol motifs (C(OH)–C–C–N with tert-alkyl or cyclic N) is 1. The summed E-state index contributed by atoms with van der Waals surface area (Å²) >= 11 is 0. The number of carbonyl (C=O) groups excluding carboxylic acids is 1. The molecular weight excluding hydrogens is 469 g/mol. The lowest BCUT2D eigenvalue weighted by Crippen LogP contribution is -2.64. The average Bonchev–Trinajstić information content (AvgIpc) is 2.83. The number of anilines is 1. The minimum atomic E-state index is -4.10. The molecule has 0 radical (unpaired) electrons. The molecule has 0 unspecified atom stereocenters. The van der Waals surface area contributed by atoms with Gasteiger partial charge in [-0.05, 0) is 48.2 Å². The van der Waals surface area contributed by atoms with Gasteiger partial charge in [-0.2, -0.15) is 0 Å². The molecule has 2 heterocycles. The molecule has 2 aliphatic rings. The second kappa shape index (κ2) is 8.90. The van der Waals surface area contributed by atoms with Gasteiger partial charge in [0.15, 0.2) is 0 Å². The number of amides is 1. The summed E-state index contributed by atoms with van der Waals surface area (Å²) < 4.78 is 43.1. The summed E-state index contributed by atoms with van der Waals surface area (Å²) in [4.78, 5) is 18.4. The summed E-state index contributed by atoms with van der Waals surface area (Å²) in [7, 11) is -4.10. The fraction of sp³-hybridized carbons (Fsp3) is 0.231. The lowest BCUT2D eigenvalue weighted by atomic mass is 9.86. The first kappa shape index (κ1) is 23.2. The van der Waals surface area contributed by atoms with Crippen molar-refractivity contribution in [2.24, 2.45) is 4.99 Å². The van der Waals surface area contributed by atoms with Crippen LogP contribution >= 0.6 is 0 Å². The molecule has 9 heteroatoms. The van der Waals surface area contributed by atoms with Gasteiger partial charge >= 0.3 is 0 Å². The van der Waals surface area contributed by atoms with E-state index in [1.165, 1.54) is 23.1 Å². The van der Waals surface area contributed by atoms with E-state index < -0.39 is 27.3 Å². The molecule has 5 rings (SSSR count). The number of nitrogens with zero attached hydrogens (tertiary/aromatic N) is 2. The molecule has 0 saturated carbocycles. The van der Waals surface area contributed by atoms with E-state index in [9.17, 15) is 22.7 Å². The summed E-state index contributed by atoms with van der Waals surface area (Å²) in [6.07, 6.45) is 3.50. The molecular formula is C26H24FN3O4S. The number of nitrogens with one attached hydrogen (secondary N) is 1. The third-order valence-electron chi connectivity index (χ3n) is 6.23. The van der Waals surface area contributed by atoms with Gasteiger partial charge in [-0.3, -0.25) is 14.5 Å². The Bertz CT molecular complexity index is 1420. The van der Waals surface area contributed by atoms with Gasteiger partial charge in [0.25, 0.3) is 15.9 Å². The number of benzene rings is 3. The molecule has 0 aromatic heterocycles. The van der Waals surface area contributed by atoms with E-state index in [1.807, 2.05) is 36.4 Å². The van der Waals surface area contributed by atoms with Crippen molar-refractivity contribution in [2.45, 2.75) is 29.8 Å². The molecule has 180 valence electrons. The van der Waals surface area contributed by atoms with Crippen LogP contribution in [0.3, 0.4) is 0 Å². The fourth-order valence-electron chi connectivity index (χ4n) is 4.52. The first-order valence-corrected chi connectivity index (χ1v) is 12.7. The highest BCUT2D eigenvalue weighted by atomic mass is 32.2. The molecule has 2 N–H and O–H groups in total. The highest BCUT2D eigenvalue weighted by Gasteiger charge is 2.43. The number of hydrogen-bond acceptors (Lipinski definition) is 5. The topological polar surface area (TPSA) is 99.1 Å². The Morgan fingerprint density at radius 3 is 2.60 bits per heavy atom. The number of rotatable bonds is 6. The first-order chi connectivity index (χ1) is 16.7. The number of fused-ring (bicyclic) bond motifs is 1. The Labute approximate surface area is 203 Å². The molecule has 3 aromatic rings. The van der Waals surface area contributed by atoms with Crippen LogP contribution in [0.4, 0.5) is 15.8 Å². The molecule has 0 bridgehead atoms. The van der Waals surface area contributed by atoms with Crippen LogP contribution in [0, 0.1) is 5.82 Å². The zero-order valence-electron chi connectivity index (χ0n) is 18.8. The number of halogens is 1. The minimum Gasteiger partial charge on any atom is -0.386 e. The van der Waals surface area contributed by atoms with Gasteiger partial charge in [0.05, 0.1) is 24.5 Å². The van der Waals surface area contributed by atoms with E-state index in [0.717, 1.165) is 23.6 Å². The standard InChI is InChI=1S/C26H24FN3O4S/c27-21-14-20(25(31)30-16-26(32,17-30)15-18-6-2-1-3-7-18)11-12-22(21)29-35(33,34)23-10-4-8-19-9-5-13-28-24(19)23/h1-4,6-8,10-14,29,32H,5,9,15-17H2. The molecule has 1 saturated heterocycles. The Kier molecular flexibility index (Phi) is 5.90. The van der Waals surface area contributed by atoms with Crippen LogP contribution in [0.5, 0.6) is 0 Å². The summed E-state index contributed by atoms with van der Waals surface area (Å²) in [5, 5.41) is 10.7. The predicted octanol–water partition coefficient (Wildman–Crippen LogP) is 3.70. The highest BCUT2D eigenvalue weighted by Crippen LogP contribution is 2.33. The number of sulfonamides is 1. The molecule has 2 aliphatic heterocycles. The van der Waals surface area contributed by atoms with Crippen LogP contribution < -0.4 is 4.72 Å². The summed E-state index contributed by atoms with van der Waals surface area (Å²) in [5.74, 6) is -1.30. The van der Waals surface area contributed by atoms with Crippen LogP contribution in [0.1, 0.15) is 27.9 Å². The Morgan fingerprint density at radius 1 is 1.09 bits per heavy atom. The number of likely N-dealkylation sites (tertiary alicyclic amines) is 1. The zero-order chi connectivity index (χ0) is 24.6. The van der Waals surface area contributed by atoms with Crippen molar-refractivity contribution in [3.05, 3.63) is 89.2 Å².